The molecule has 2 N–H and O–H groups in total. The predicted molar refractivity (Wildman–Crippen MR) is 119 cm³/mol. The molecular formula is C25H22F4N2O3. The molecule has 9 heteroatoms. The van der Waals surface area contributed by atoms with Crippen LogP contribution in [0.4, 0.5) is 23.2 Å². The predicted octanol–water partition coefficient (Wildman–Crippen LogP) is 6.54. The number of nitrogens with one attached hydrogen (secondary N) is 2. The number of aryl methyl sites for hydroxylation is 1. The molecule has 0 saturated heterocycles. The Kier molecular flexibility index (Phi) is 6.45. The van der Waals surface area contributed by atoms with Crippen molar-refractivity contribution in [3.05, 3.63) is 87.1 Å². The molecule has 2 aromatic carbocycles. The van der Waals surface area contributed by atoms with Gasteiger partial charge in [-0.3, -0.25) is 9.59 Å². The third-order valence-electron chi connectivity index (χ3n) is 5.89. The molecule has 1 saturated carbocycles. The lowest BCUT2D eigenvalue weighted by Crippen LogP contribution is -2.18. The highest BCUT2D eigenvalue weighted by Gasteiger charge is 2.38. The van der Waals surface area contributed by atoms with Gasteiger partial charge in [-0.25, -0.2) is 4.39 Å². The number of pyridine rings is 1. The van der Waals surface area contributed by atoms with Gasteiger partial charge in [0.25, 0.3) is 5.91 Å². The molecule has 0 bridgehead atoms. The fourth-order valence-corrected chi connectivity index (χ4v) is 4.25. The molecule has 0 atom stereocenters. The van der Waals surface area contributed by atoms with Gasteiger partial charge in [0.2, 0.25) is 5.56 Å². The van der Waals surface area contributed by atoms with Crippen molar-refractivity contribution in [3.8, 4) is 11.5 Å². The standard InChI is InChI=1S/C25H22F4N2O3/c1-14-10-16(26)6-7-21(14)34-22-13-20(25(27,28)29)18(15-4-2-3-5-15)12-19(22)24(33)31-17-8-9-30-23(32)11-17/h6-13,15H,2-5H2,1H3,(H2,30,31,32,33). The summed E-state index contributed by atoms with van der Waals surface area (Å²) in [5.74, 6) is -1.78. The van der Waals surface area contributed by atoms with Crippen LogP contribution in [0.1, 0.15) is 58.6 Å². The van der Waals surface area contributed by atoms with Crippen LogP contribution in [0.15, 0.2) is 53.5 Å². The number of alkyl halides is 3. The molecule has 0 spiro atoms. The number of benzene rings is 2. The third-order valence-corrected chi connectivity index (χ3v) is 5.89. The zero-order chi connectivity index (χ0) is 24.5. The van der Waals surface area contributed by atoms with Gasteiger partial charge >= 0.3 is 6.18 Å². The number of aromatic nitrogens is 1. The number of carbonyl (C=O) groups is 1. The quantitative estimate of drug-likeness (QED) is 0.412. The third kappa shape index (κ3) is 5.13. The summed E-state index contributed by atoms with van der Waals surface area (Å²) in [6, 6.07) is 8.27. The van der Waals surface area contributed by atoms with E-state index in [9.17, 15) is 27.2 Å². The molecule has 5 nitrogen and oxygen atoms in total. The summed E-state index contributed by atoms with van der Waals surface area (Å²) in [6.07, 6.45) is -0.513. The number of ether oxygens (including phenoxy) is 1. The van der Waals surface area contributed by atoms with Gasteiger partial charge in [0.1, 0.15) is 17.3 Å². The van der Waals surface area contributed by atoms with Gasteiger partial charge in [0.05, 0.1) is 11.1 Å². The second kappa shape index (κ2) is 9.32. The Morgan fingerprint density at radius 1 is 1.06 bits per heavy atom. The van der Waals surface area contributed by atoms with E-state index in [1.54, 1.807) is 6.92 Å². The molecule has 0 unspecified atom stereocenters. The first-order valence-corrected chi connectivity index (χ1v) is 10.8. The average molecular weight is 474 g/mol. The number of rotatable bonds is 5. The maximum Gasteiger partial charge on any atom is 0.416 e. The summed E-state index contributed by atoms with van der Waals surface area (Å²) in [5, 5.41) is 2.54. The van der Waals surface area contributed by atoms with Crippen molar-refractivity contribution in [3.63, 3.8) is 0 Å². The lowest BCUT2D eigenvalue weighted by Gasteiger charge is -2.22. The van der Waals surface area contributed by atoms with Gasteiger partial charge in [-0.1, -0.05) is 12.8 Å². The Bertz CT molecular complexity index is 1280. The minimum atomic E-state index is -4.66. The van der Waals surface area contributed by atoms with E-state index >= 15 is 0 Å². The van der Waals surface area contributed by atoms with E-state index in [2.05, 4.69) is 10.3 Å². The first-order chi connectivity index (χ1) is 16.1. The summed E-state index contributed by atoms with van der Waals surface area (Å²) in [4.78, 5) is 27.2. The fraction of sp³-hybridized carbons (Fsp3) is 0.280. The molecule has 1 aliphatic rings. The van der Waals surface area contributed by atoms with Crippen LogP contribution in [0.2, 0.25) is 0 Å². The number of halogens is 4. The maximum atomic E-state index is 14.0. The summed E-state index contributed by atoms with van der Waals surface area (Å²) in [5.41, 5.74) is -0.838. The van der Waals surface area contributed by atoms with Gasteiger partial charge in [-0.15, -0.1) is 0 Å². The molecule has 1 fully saturated rings. The molecule has 178 valence electrons. The van der Waals surface area contributed by atoms with E-state index in [0.717, 1.165) is 31.0 Å². The number of aromatic amines is 1. The molecule has 34 heavy (non-hydrogen) atoms. The molecule has 1 aromatic heterocycles. The first-order valence-electron chi connectivity index (χ1n) is 10.8. The van der Waals surface area contributed by atoms with Crippen molar-refractivity contribution in [1.29, 1.82) is 0 Å². The molecule has 0 aliphatic heterocycles. The number of hydrogen-bond acceptors (Lipinski definition) is 3. The molecule has 4 rings (SSSR count). The van der Waals surface area contributed by atoms with Crippen molar-refractivity contribution >= 4 is 11.6 Å². The average Bonchev–Trinajstić information content (AvgIpc) is 3.29. The van der Waals surface area contributed by atoms with E-state index in [4.69, 9.17) is 4.74 Å². The van der Waals surface area contributed by atoms with E-state index in [1.807, 2.05) is 0 Å². The summed E-state index contributed by atoms with van der Waals surface area (Å²) in [6.45, 7) is 1.55. The largest absolute Gasteiger partial charge is 0.456 e. The van der Waals surface area contributed by atoms with Crippen LogP contribution in [-0.2, 0) is 6.18 Å². The topological polar surface area (TPSA) is 71.2 Å². The van der Waals surface area contributed by atoms with Crippen molar-refractivity contribution < 1.29 is 27.1 Å². The van der Waals surface area contributed by atoms with Gasteiger partial charge in [-0.05, 0) is 73.2 Å². The van der Waals surface area contributed by atoms with Crippen LogP contribution >= 0.6 is 0 Å². The van der Waals surface area contributed by atoms with E-state index in [-0.39, 0.29) is 34.2 Å². The van der Waals surface area contributed by atoms with Gasteiger partial charge in [0.15, 0.2) is 0 Å². The fourth-order valence-electron chi connectivity index (χ4n) is 4.25. The number of amides is 1. The zero-order valence-corrected chi connectivity index (χ0v) is 18.3. The van der Waals surface area contributed by atoms with Gasteiger partial charge in [0, 0.05) is 18.0 Å². The van der Waals surface area contributed by atoms with Crippen LogP contribution < -0.4 is 15.6 Å². The van der Waals surface area contributed by atoms with Crippen molar-refractivity contribution in [1.82, 2.24) is 4.98 Å². The van der Waals surface area contributed by atoms with Crippen LogP contribution in [0, 0.1) is 12.7 Å². The number of anilines is 1. The minimum absolute atomic E-state index is 0.0456. The SMILES string of the molecule is Cc1cc(F)ccc1Oc1cc(C(F)(F)F)c(C2CCCC2)cc1C(=O)Nc1cc[nH]c(=O)c1. The lowest BCUT2D eigenvalue weighted by atomic mass is 9.90. The second-order valence-electron chi connectivity index (χ2n) is 8.32. The Balaban J connectivity index is 1.83. The lowest BCUT2D eigenvalue weighted by molar-refractivity contribution is -0.138. The Labute approximate surface area is 192 Å². The smallest absolute Gasteiger partial charge is 0.416 e. The molecule has 3 aromatic rings. The van der Waals surface area contributed by atoms with Crippen LogP contribution in [0.5, 0.6) is 11.5 Å². The van der Waals surface area contributed by atoms with E-state index < -0.39 is 29.0 Å². The summed E-state index contributed by atoms with van der Waals surface area (Å²) < 4.78 is 61.4. The maximum absolute atomic E-state index is 14.0. The minimum Gasteiger partial charge on any atom is -0.456 e. The molecular weight excluding hydrogens is 452 g/mol. The normalized spacial score (nSPS) is 14.3. The highest BCUT2D eigenvalue weighted by atomic mass is 19.4. The molecule has 0 radical (unpaired) electrons. The number of hydrogen-bond donors (Lipinski definition) is 2. The van der Waals surface area contributed by atoms with Gasteiger partial charge in [-0.2, -0.15) is 13.2 Å². The monoisotopic (exact) mass is 474 g/mol. The first kappa shape index (κ1) is 23.5. The summed E-state index contributed by atoms with van der Waals surface area (Å²) >= 11 is 0. The molecule has 1 amide bonds. The van der Waals surface area contributed by atoms with Crippen molar-refractivity contribution in [2.45, 2.75) is 44.7 Å². The zero-order valence-electron chi connectivity index (χ0n) is 18.3. The Hall–Kier alpha value is -3.62. The van der Waals surface area contributed by atoms with E-state index in [0.29, 0.717) is 18.4 Å². The second-order valence-corrected chi connectivity index (χ2v) is 8.32. The van der Waals surface area contributed by atoms with Crippen molar-refractivity contribution in [2.75, 3.05) is 5.32 Å². The molecule has 1 aliphatic carbocycles. The number of carbonyl (C=O) groups excluding carboxylic acids is 1. The highest BCUT2D eigenvalue weighted by molar-refractivity contribution is 6.06. The van der Waals surface area contributed by atoms with Crippen LogP contribution in [-0.4, -0.2) is 10.9 Å². The van der Waals surface area contributed by atoms with Crippen molar-refractivity contribution in [2.24, 2.45) is 0 Å². The Morgan fingerprint density at radius 3 is 2.44 bits per heavy atom. The van der Waals surface area contributed by atoms with Gasteiger partial charge < -0.3 is 15.0 Å². The van der Waals surface area contributed by atoms with Crippen LogP contribution in [0.25, 0.3) is 0 Å². The molecule has 1 heterocycles. The number of H-pyrrole nitrogens is 1. The van der Waals surface area contributed by atoms with Crippen LogP contribution in [0.3, 0.4) is 0 Å². The van der Waals surface area contributed by atoms with E-state index in [1.165, 1.54) is 30.5 Å². The highest BCUT2D eigenvalue weighted by Crippen LogP contribution is 2.45. The summed E-state index contributed by atoms with van der Waals surface area (Å²) in [7, 11) is 0. The Morgan fingerprint density at radius 2 is 1.79 bits per heavy atom.